The van der Waals surface area contributed by atoms with E-state index in [0.29, 0.717) is 6.04 Å². The molecule has 0 unspecified atom stereocenters. The summed E-state index contributed by atoms with van der Waals surface area (Å²) in [5.41, 5.74) is 0. The van der Waals surface area contributed by atoms with Crippen LogP contribution in [-0.2, 0) is 6.42 Å². The molecule has 5 nitrogen and oxygen atoms in total. The molecule has 86 valence electrons. The molecule has 0 saturated heterocycles. The zero-order valence-electron chi connectivity index (χ0n) is 9.66. The molecule has 1 heterocycles. The molecule has 5 heteroatoms. The number of hydrogen-bond acceptors (Lipinski definition) is 4. The van der Waals surface area contributed by atoms with E-state index in [0.717, 1.165) is 18.8 Å². The number of nitrogens with zero attached hydrogens (tertiary/aromatic N) is 3. The highest BCUT2D eigenvalue weighted by molar-refractivity contribution is 4.77. The molecule has 0 aliphatic carbocycles. The minimum Gasteiger partial charge on any atom is -0.314 e. The molecule has 2 N–H and O–H groups in total. The average molecular weight is 211 g/mol. The van der Waals surface area contributed by atoms with Crippen LogP contribution in [0.5, 0.6) is 0 Å². The van der Waals surface area contributed by atoms with Crippen molar-refractivity contribution in [2.75, 3.05) is 6.54 Å². The van der Waals surface area contributed by atoms with Crippen LogP contribution in [0.2, 0.25) is 0 Å². The summed E-state index contributed by atoms with van der Waals surface area (Å²) in [6, 6.07) is 0.587. The fraction of sp³-hybridized carbons (Fsp3) is 0.900. The van der Waals surface area contributed by atoms with Gasteiger partial charge in [0.25, 0.3) is 0 Å². The van der Waals surface area contributed by atoms with Gasteiger partial charge in [0.05, 0.1) is 0 Å². The Morgan fingerprint density at radius 2 is 2.27 bits per heavy atom. The topological polar surface area (TPSA) is 66.5 Å². The minimum absolute atomic E-state index is 0.587. The van der Waals surface area contributed by atoms with E-state index in [4.69, 9.17) is 0 Å². The van der Waals surface area contributed by atoms with Crippen molar-refractivity contribution < 1.29 is 0 Å². The lowest BCUT2D eigenvalue weighted by Gasteiger charge is -2.12. The van der Waals surface area contributed by atoms with Gasteiger partial charge in [-0.05, 0) is 13.3 Å². The van der Waals surface area contributed by atoms with E-state index in [-0.39, 0.29) is 0 Å². The predicted molar refractivity (Wildman–Crippen MR) is 59.5 cm³/mol. The van der Waals surface area contributed by atoms with Crippen molar-refractivity contribution in [2.45, 2.75) is 52.0 Å². The van der Waals surface area contributed by atoms with Gasteiger partial charge in [-0.25, -0.2) is 0 Å². The van der Waals surface area contributed by atoms with Crippen molar-refractivity contribution in [1.82, 2.24) is 25.9 Å². The third-order valence-electron chi connectivity index (χ3n) is 2.47. The summed E-state index contributed by atoms with van der Waals surface area (Å²) < 4.78 is 0. The number of rotatable bonds is 8. The second-order valence-electron chi connectivity index (χ2n) is 3.93. The molecular formula is C10H21N5. The highest BCUT2D eigenvalue weighted by Crippen LogP contribution is 2.02. The Morgan fingerprint density at radius 1 is 1.40 bits per heavy atom. The molecule has 0 aromatic carbocycles. The lowest BCUT2D eigenvalue weighted by atomic mass is 10.1. The second-order valence-corrected chi connectivity index (χ2v) is 3.93. The smallest absolute Gasteiger partial charge is 0.175 e. The number of aromatic nitrogens is 4. The predicted octanol–water partition coefficient (Wildman–Crippen LogP) is 1.30. The zero-order chi connectivity index (χ0) is 10.9. The lowest BCUT2D eigenvalue weighted by Crippen LogP contribution is -2.28. The minimum atomic E-state index is 0.587. The molecule has 15 heavy (non-hydrogen) atoms. The van der Waals surface area contributed by atoms with Gasteiger partial charge in [0.2, 0.25) is 0 Å². The summed E-state index contributed by atoms with van der Waals surface area (Å²) in [5.74, 6) is 0.781. The number of tetrazole rings is 1. The quantitative estimate of drug-likeness (QED) is 0.636. The summed E-state index contributed by atoms with van der Waals surface area (Å²) in [6.07, 6.45) is 6.02. The normalized spacial score (nSPS) is 12.9. The number of hydrogen-bond donors (Lipinski definition) is 2. The van der Waals surface area contributed by atoms with E-state index in [1.54, 1.807) is 0 Å². The van der Waals surface area contributed by atoms with Gasteiger partial charge in [-0.3, -0.25) is 0 Å². The average Bonchev–Trinajstić information content (AvgIpc) is 2.71. The maximum Gasteiger partial charge on any atom is 0.175 e. The van der Waals surface area contributed by atoms with E-state index in [9.17, 15) is 0 Å². The van der Waals surface area contributed by atoms with E-state index < -0.39 is 0 Å². The van der Waals surface area contributed by atoms with Crippen LogP contribution in [0.4, 0.5) is 0 Å². The standard InChI is InChI=1S/C10H21N5/c1-3-4-5-6-9(2)11-8-7-10-12-14-15-13-10/h9,11H,3-8H2,1-2H3,(H,12,13,14,15)/t9-/m0/s1. The Hall–Kier alpha value is -0.970. The van der Waals surface area contributed by atoms with Crippen LogP contribution in [0.25, 0.3) is 0 Å². The molecular weight excluding hydrogens is 190 g/mol. The Kier molecular flexibility index (Phi) is 5.92. The van der Waals surface area contributed by atoms with E-state index in [2.05, 4.69) is 39.8 Å². The largest absolute Gasteiger partial charge is 0.314 e. The number of nitrogens with one attached hydrogen (secondary N) is 2. The van der Waals surface area contributed by atoms with Crippen LogP contribution in [0.1, 0.15) is 45.4 Å². The first-order valence-corrected chi connectivity index (χ1v) is 5.78. The molecule has 1 atom stereocenters. The van der Waals surface area contributed by atoms with Crippen LogP contribution in [0, 0.1) is 0 Å². The maximum absolute atomic E-state index is 3.90. The Morgan fingerprint density at radius 3 is 2.93 bits per heavy atom. The molecule has 1 rings (SSSR count). The van der Waals surface area contributed by atoms with Crippen molar-refractivity contribution in [3.8, 4) is 0 Å². The number of unbranched alkanes of at least 4 members (excludes halogenated alkanes) is 2. The highest BCUT2D eigenvalue weighted by atomic mass is 15.5. The van der Waals surface area contributed by atoms with Gasteiger partial charge in [0.15, 0.2) is 5.82 Å². The monoisotopic (exact) mass is 211 g/mol. The number of aromatic amines is 1. The molecule has 0 aliphatic heterocycles. The molecule has 0 spiro atoms. The Bertz CT molecular complexity index is 234. The third kappa shape index (κ3) is 5.47. The van der Waals surface area contributed by atoms with Gasteiger partial charge in [0, 0.05) is 19.0 Å². The van der Waals surface area contributed by atoms with Crippen LogP contribution in [-0.4, -0.2) is 33.2 Å². The molecule has 0 saturated carbocycles. The second kappa shape index (κ2) is 7.34. The molecule has 1 aromatic heterocycles. The first-order chi connectivity index (χ1) is 7.33. The van der Waals surface area contributed by atoms with Crippen molar-refractivity contribution in [2.24, 2.45) is 0 Å². The van der Waals surface area contributed by atoms with Crippen molar-refractivity contribution in [3.63, 3.8) is 0 Å². The molecule has 0 amide bonds. The Balaban J connectivity index is 1.99. The summed E-state index contributed by atoms with van der Waals surface area (Å²) in [7, 11) is 0. The SMILES string of the molecule is CCCCC[C@H](C)NCCc1nn[nH]n1. The first-order valence-electron chi connectivity index (χ1n) is 5.78. The van der Waals surface area contributed by atoms with Crippen molar-refractivity contribution >= 4 is 0 Å². The third-order valence-corrected chi connectivity index (χ3v) is 2.47. The summed E-state index contributed by atoms with van der Waals surface area (Å²) in [6.45, 7) is 5.38. The van der Waals surface area contributed by atoms with Crippen LogP contribution in [0.3, 0.4) is 0 Å². The summed E-state index contributed by atoms with van der Waals surface area (Å²) >= 11 is 0. The molecule has 0 aliphatic rings. The van der Waals surface area contributed by atoms with Gasteiger partial charge in [-0.15, -0.1) is 10.2 Å². The fourth-order valence-corrected chi connectivity index (χ4v) is 1.52. The van der Waals surface area contributed by atoms with Crippen molar-refractivity contribution in [3.05, 3.63) is 5.82 Å². The highest BCUT2D eigenvalue weighted by Gasteiger charge is 2.02. The molecule has 0 bridgehead atoms. The maximum atomic E-state index is 3.90. The molecule has 1 aromatic rings. The van der Waals surface area contributed by atoms with Gasteiger partial charge in [-0.1, -0.05) is 31.4 Å². The summed E-state index contributed by atoms with van der Waals surface area (Å²) in [5, 5.41) is 17.2. The number of H-pyrrole nitrogens is 1. The molecule has 0 radical (unpaired) electrons. The zero-order valence-corrected chi connectivity index (χ0v) is 9.66. The lowest BCUT2D eigenvalue weighted by molar-refractivity contribution is 0.488. The van der Waals surface area contributed by atoms with Gasteiger partial charge in [-0.2, -0.15) is 5.21 Å². The van der Waals surface area contributed by atoms with E-state index in [1.807, 2.05) is 0 Å². The van der Waals surface area contributed by atoms with Crippen LogP contribution < -0.4 is 5.32 Å². The Labute approximate surface area is 91.0 Å². The van der Waals surface area contributed by atoms with E-state index in [1.165, 1.54) is 25.7 Å². The van der Waals surface area contributed by atoms with Gasteiger partial charge >= 0.3 is 0 Å². The van der Waals surface area contributed by atoms with E-state index >= 15 is 0 Å². The van der Waals surface area contributed by atoms with Gasteiger partial charge in [0.1, 0.15) is 0 Å². The van der Waals surface area contributed by atoms with Crippen molar-refractivity contribution in [1.29, 1.82) is 0 Å². The van der Waals surface area contributed by atoms with Crippen LogP contribution in [0.15, 0.2) is 0 Å². The van der Waals surface area contributed by atoms with Crippen LogP contribution >= 0.6 is 0 Å². The first kappa shape index (κ1) is 12.1. The molecule has 0 fully saturated rings. The fourth-order valence-electron chi connectivity index (χ4n) is 1.52. The summed E-state index contributed by atoms with van der Waals surface area (Å²) in [4.78, 5) is 0. The van der Waals surface area contributed by atoms with Gasteiger partial charge < -0.3 is 5.32 Å².